The van der Waals surface area contributed by atoms with Crippen LogP contribution in [-0.4, -0.2) is 28.0 Å². The van der Waals surface area contributed by atoms with E-state index in [1.165, 1.54) is 0 Å². The van der Waals surface area contributed by atoms with E-state index in [1.807, 2.05) is 31.2 Å². The Kier molecular flexibility index (Phi) is 3.84. The quantitative estimate of drug-likeness (QED) is 0.340. The first-order valence-electron chi connectivity index (χ1n) is 6.17. The number of para-hydroxylation sites is 1. The molecule has 2 aromatic rings. The summed E-state index contributed by atoms with van der Waals surface area (Å²) in [6, 6.07) is 8.58. The minimum absolute atomic E-state index is 0.0477. The van der Waals surface area contributed by atoms with Gasteiger partial charge in [-0.15, -0.1) is 0 Å². The van der Waals surface area contributed by atoms with Crippen molar-refractivity contribution in [1.29, 1.82) is 0 Å². The van der Waals surface area contributed by atoms with Crippen molar-refractivity contribution in [3.63, 3.8) is 0 Å². The number of nitrogens with zero attached hydrogens (tertiary/aromatic N) is 2. The minimum Gasteiger partial charge on any atom is -0.409 e. The molecule has 2 rings (SSSR count). The third-order valence-corrected chi connectivity index (χ3v) is 3.00. The van der Waals surface area contributed by atoms with Crippen LogP contribution < -0.4 is 11.1 Å². The van der Waals surface area contributed by atoms with Crippen LogP contribution in [-0.2, 0) is 0 Å². The number of oxime groups is 1. The van der Waals surface area contributed by atoms with Gasteiger partial charge >= 0.3 is 0 Å². The summed E-state index contributed by atoms with van der Waals surface area (Å²) < 4.78 is 0. The van der Waals surface area contributed by atoms with Gasteiger partial charge in [0.05, 0.1) is 17.1 Å². The Morgan fingerprint density at radius 3 is 2.85 bits per heavy atom. The van der Waals surface area contributed by atoms with Crippen LogP contribution in [0.4, 0.5) is 0 Å². The highest BCUT2D eigenvalue weighted by Crippen LogP contribution is 2.18. The summed E-state index contributed by atoms with van der Waals surface area (Å²) in [5, 5.41) is 14.9. The summed E-state index contributed by atoms with van der Waals surface area (Å²) in [4.78, 5) is 16.7. The number of pyridine rings is 1. The molecular weight excluding hydrogens is 256 g/mol. The Labute approximate surface area is 116 Å². The molecule has 0 aliphatic heterocycles. The van der Waals surface area contributed by atoms with Gasteiger partial charge in [0.2, 0.25) is 0 Å². The van der Waals surface area contributed by atoms with Crippen LogP contribution in [0.25, 0.3) is 10.9 Å². The third kappa shape index (κ3) is 2.69. The molecule has 0 fully saturated rings. The van der Waals surface area contributed by atoms with Gasteiger partial charge in [-0.25, -0.2) is 0 Å². The number of carbonyl (C=O) groups excluding carboxylic acids is 1. The minimum atomic E-state index is -0.556. The summed E-state index contributed by atoms with van der Waals surface area (Å²) in [6.07, 6.45) is 0. The lowest BCUT2D eigenvalue weighted by atomic mass is 10.1. The molecule has 0 saturated carbocycles. The number of fused-ring (bicyclic) bond motifs is 1. The summed E-state index contributed by atoms with van der Waals surface area (Å²) in [5.74, 6) is -0.334. The van der Waals surface area contributed by atoms with Gasteiger partial charge in [-0.1, -0.05) is 23.4 Å². The molecule has 1 aromatic carbocycles. The predicted molar refractivity (Wildman–Crippen MR) is 76.8 cm³/mol. The molecule has 4 N–H and O–H groups in total. The van der Waals surface area contributed by atoms with Crippen molar-refractivity contribution < 1.29 is 10.0 Å². The molecule has 20 heavy (non-hydrogen) atoms. The van der Waals surface area contributed by atoms with Crippen LogP contribution >= 0.6 is 0 Å². The van der Waals surface area contributed by atoms with Crippen molar-refractivity contribution in [2.24, 2.45) is 10.9 Å². The van der Waals surface area contributed by atoms with Crippen LogP contribution in [0.15, 0.2) is 35.5 Å². The Morgan fingerprint density at radius 2 is 2.15 bits per heavy atom. The molecule has 1 unspecified atom stereocenters. The van der Waals surface area contributed by atoms with E-state index in [9.17, 15) is 4.79 Å². The highest BCUT2D eigenvalue weighted by Gasteiger charge is 2.16. The predicted octanol–water partition coefficient (Wildman–Crippen LogP) is 1.41. The second-order valence-corrected chi connectivity index (χ2v) is 4.55. The molecule has 1 heterocycles. The van der Waals surface area contributed by atoms with Crippen LogP contribution in [0.3, 0.4) is 0 Å². The Morgan fingerprint density at radius 1 is 1.45 bits per heavy atom. The lowest BCUT2D eigenvalue weighted by Crippen LogP contribution is -2.42. The van der Waals surface area contributed by atoms with Gasteiger partial charge in [-0.05, 0) is 26.0 Å². The number of amidine groups is 1. The van der Waals surface area contributed by atoms with Gasteiger partial charge in [0.15, 0.2) is 5.84 Å². The van der Waals surface area contributed by atoms with Gasteiger partial charge < -0.3 is 16.3 Å². The highest BCUT2D eigenvalue weighted by molar-refractivity contribution is 6.07. The average molecular weight is 272 g/mol. The number of nitrogens with two attached hydrogens (primary N) is 1. The molecule has 6 heteroatoms. The summed E-state index contributed by atoms with van der Waals surface area (Å²) in [7, 11) is 0. The first-order valence-corrected chi connectivity index (χ1v) is 6.17. The number of aromatic nitrogens is 1. The molecule has 1 atom stereocenters. The normalized spacial score (nSPS) is 13.2. The molecule has 104 valence electrons. The molecule has 0 bridgehead atoms. The van der Waals surface area contributed by atoms with Gasteiger partial charge in [0, 0.05) is 11.1 Å². The molecular formula is C14H16N4O2. The van der Waals surface area contributed by atoms with Gasteiger partial charge in [0.25, 0.3) is 5.91 Å². The first kappa shape index (κ1) is 13.8. The molecule has 0 spiro atoms. The van der Waals surface area contributed by atoms with Crippen LogP contribution in [0.2, 0.25) is 0 Å². The topological polar surface area (TPSA) is 101 Å². The van der Waals surface area contributed by atoms with Gasteiger partial charge in [-0.3, -0.25) is 9.78 Å². The maximum atomic E-state index is 12.3. The zero-order valence-electron chi connectivity index (χ0n) is 11.3. The maximum absolute atomic E-state index is 12.3. The summed E-state index contributed by atoms with van der Waals surface area (Å²) in [6.45, 7) is 3.47. The standard InChI is InChI=1S/C14H16N4O2/c1-8-7-11(10-5-3-4-6-12(10)16-8)14(19)17-9(2)13(15)18-20/h3-7,9,20H,1-2H3,(H2,15,18)(H,17,19). The number of rotatable bonds is 3. The summed E-state index contributed by atoms with van der Waals surface area (Å²) in [5.41, 5.74) is 7.49. The van der Waals surface area contributed by atoms with Crippen LogP contribution in [0.5, 0.6) is 0 Å². The number of amides is 1. The molecule has 1 aromatic heterocycles. The second kappa shape index (κ2) is 5.56. The van der Waals surface area contributed by atoms with E-state index in [4.69, 9.17) is 10.9 Å². The van der Waals surface area contributed by atoms with Crippen molar-refractivity contribution in [2.75, 3.05) is 0 Å². The van der Waals surface area contributed by atoms with Crippen molar-refractivity contribution in [2.45, 2.75) is 19.9 Å². The first-order chi connectivity index (χ1) is 9.52. The molecule has 6 nitrogen and oxygen atoms in total. The fourth-order valence-corrected chi connectivity index (χ4v) is 1.93. The largest absolute Gasteiger partial charge is 0.409 e. The van der Waals surface area contributed by atoms with Crippen molar-refractivity contribution in [1.82, 2.24) is 10.3 Å². The smallest absolute Gasteiger partial charge is 0.252 e. The van der Waals surface area contributed by atoms with E-state index in [-0.39, 0.29) is 11.7 Å². The van der Waals surface area contributed by atoms with Crippen LogP contribution in [0.1, 0.15) is 23.0 Å². The molecule has 1 amide bonds. The number of benzene rings is 1. The van der Waals surface area contributed by atoms with E-state index in [0.717, 1.165) is 16.6 Å². The zero-order valence-corrected chi connectivity index (χ0v) is 11.3. The van der Waals surface area contributed by atoms with Crippen molar-refractivity contribution in [3.05, 3.63) is 41.6 Å². The fraction of sp³-hybridized carbons (Fsp3) is 0.214. The van der Waals surface area contributed by atoms with E-state index in [2.05, 4.69) is 15.5 Å². The number of hydrogen-bond acceptors (Lipinski definition) is 4. The molecule has 0 aliphatic rings. The van der Waals surface area contributed by atoms with E-state index < -0.39 is 6.04 Å². The molecule has 0 saturated heterocycles. The van der Waals surface area contributed by atoms with E-state index >= 15 is 0 Å². The van der Waals surface area contributed by atoms with Crippen molar-refractivity contribution >= 4 is 22.6 Å². The Balaban J connectivity index is 2.40. The molecule has 0 radical (unpaired) electrons. The SMILES string of the molecule is Cc1cc(C(=O)NC(C)/C(N)=N/O)c2ccccc2n1. The lowest BCUT2D eigenvalue weighted by molar-refractivity contribution is 0.0950. The van der Waals surface area contributed by atoms with E-state index in [0.29, 0.717) is 5.56 Å². The Hall–Kier alpha value is -2.63. The van der Waals surface area contributed by atoms with Crippen LogP contribution in [0, 0.1) is 6.92 Å². The number of hydrogen-bond donors (Lipinski definition) is 3. The monoisotopic (exact) mass is 272 g/mol. The zero-order chi connectivity index (χ0) is 14.7. The Bertz CT molecular complexity index is 682. The summed E-state index contributed by atoms with van der Waals surface area (Å²) >= 11 is 0. The van der Waals surface area contributed by atoms with E-state index in [1.54, 1.807) is 13.0 Å². The fourth-order valence-electron chi connectivity index (χ4n) is 1.93. The average Bonchev–Trinajstić information content (AvgIpc) is 2.45. The van der Waals surface area contributed by atoms with Gasteiger partial charge in [0.1, 0.15) is 0 Å². The highest BCUT2D eigenvalue weighted by atomic mass is 16.4. The number of carbonyl (C=O) groups is 1. The second-order valence-electron chi connectivity index (χ2n) is 4.55. The maximum Gasteiger partial charge on any atom is 0.252 e. The number of aryl methyl sites for hydroxylation is 1. The van der Waals surface area contributed by atoms with Gasteiger partial charge in [-0.2, -0.15) is 0 Å². The molecule has 0 aliphatic carbocycles. The number of nitrogens with one attached hydrogen (secondary N) is 1. The van der Waals surface area contributed by atoms with Crippen molar-refractivity contribution in [3.8, 4) is 0 Å². The third-order valence-electron chi connectivity index (χ3n) is 3.00. The lowest BCUT2D eigenvalue weighted by Gasteiger charge is -2.13.